The van der Waals surface area contributed by atoms with Crippen molar-refractivity contribution in [3.8, 4) is 5.75 Å². The summed E-state index contributed by atoms with van der Waals surface area (Å²) < 4.78 is 5.37. The summed E-state index contributed by atoms with van der Waals surface area (Å²) >= 11 is 0. The van der Waals surface area contributed by atoms with E-state index in [9.17, 15) is 10.0 Å². The van der Waals surface area contributed by atoms with Gasteiger partial charge in [-0.3, -0.25) is 4.79 Å². The predicted octanol–water partition coefficient (Wildman–Crippen LogP) is 5.66. The van der Waals surface area contributed by atoms with Gasteiger partial charge in [-0.05, 0) is 50.5 Å². The molecule has 0 aromatic heterocycles. The lowest BCUT2D eigenvalue weighted by Gasteiger charge is -2.35. The monoisotopic (exact) mass is 402 g/mol. The van der Waals surface area contributed by atoms with Crippen molar-refractivity contribution >= 4 is 5.78 Å². The van der Waals surface area contributed by atoms with E-state index in [1.165, 1.54) is 0 Å². The maximum Gasteiger partial charge on any atom is 0.193 e. The molecule has 30 heavy (non-hydrogen) atoms. The molecule has 3 rings (SSSR count). The lowest BCUT2D eigenvalue weighted by molar-refractivity contribution is -0.241. The second-order valence-electron chi connectivity index (χ2n) is 8.35. The van der Waals surface area contributed by atoms with Gasteiger partial charge in [0.2, 0.25) is 0 Å². The zero-order valence-corrected chi connectivity index (χ0v) is 18.0. The number of carbonyl (C=O) groups is 1. The molecule has 4 heteroatoms. The highest BCUT2D eigenvalue weighted by Crippen LogP contribution is 2.33. The number of rotatable bonds is 7. The van der Waals surface area contributed by atoms with Crippen molar-refractivity contribution in [3.05, 3.63) is 101 Å². The van der Waals surface area contributed by atoms with E-state index in [0.717, 1.165) is 16.2 Å². The predicted molar refractivity (Wildman–Crippen MR) is 118 cm³/mol. The van der Waals surface area contributed by atoms with Crippen LogP contribution < -0.4 is 4.74 Å². The second-order valence-corrected chi connectivity index (χ2v) is 8.35. The molecule has 1 atom stereocenters. The highest BCUT2D eigenvalue weighted by atomic mass is 16.5. The molecule has 3 aromatic rings. The average Bonchev–Trinajstić information content (AvgIpc) is 2.76. The van der Waals surface area contributed by atoms with Crippen molar-refractivity contribution in [2.45, 2.75) is 38.8 Å². The summed E-state index contributed by atoms with van der Waals surface area (Å²) in [6, 6.07) is 23.9. The highest BCUT2D eigenvalue weighted by molar-refractivity contribution is 6.09. The molecule has 0 aliphatic carbocycles. The van der Waals surface area contributed by atoms with Gasteiger partial charge >= 0.3 is 0 Å². The van der Waals surface area contributed by atoms with E-state index in [4.69, 9.17) is 4.74 Å². The standard InChI is InChI=1S/C26H28NO3/c1-26(2,3)27(29)24(21-14-10-15-22(17-21)30-4)18-20-13-8-9-16-23(20)25(28)19-11-6-5-7-12-19/h5-17,24H,18H2,1-4H3. The molecule has 4 nitrogen and oxygen atoms in total. The van der Waals surface area contributed by atoms with Crippen LogP contribution in [0.3, 0.4) is 0 Å². The van der Waals surface area contributed by atoms with Gasteiger partial charge in [0, 0.05) is 16.7 Å². The topological polar surface area (TPSA) is 49.4 Å². The van der Waals surface area contributed by atoms with Crippen molar-refractivity contribution in [2.75, 3.05) is 7.11 Å². The molecule has 0 fully saturated rings. The van der Waals surface area contributed by atoms with Crippen LogP contribution in [0.5, 0.6) is 5.75 Å². The first-order valence-electron chi connectivity index (χ1n) is 10.1. The Balaban J connectivity index is 2.02. The van der Waals surface area contributed by atoms with Crippen molar-refractivity contribution in [1.29, 1.82) is 0 Å². The Kier molecular flexibility index (Phi) is 6.70. The minimum Gasteiger partial charge on any atom is -0.497 e. The summed E-state index contributed by atoms with van der Waals surface area (Å²) in [5.74, 6) is 0.664. The third-order valence-corrected chi connectivity index (χ3v) is 5.13. The fourth-order valence-corrected chi connectivity index (χ4v) is 3.53. The Hall–Kier alpha value is -2.95. The molecule has 0 bridgehead atoms. The van der Waals surface area contributed by atoms with E-state index in [-0.39, 0.29) is 5.78 Å². The van der Waals surface area contributed by atoms with E-state index in [0.29, 0.717) is 23.3 Å². The molecule has 0 N–H and O–H groups in total. The van der Waals surface area contributed by atoms with Crippen LogP contribution in [0.1, 0.15) is 53.9 Å². The minimum absolute atomic E-state index is 0.0381. The fourth-order valence-electron chi connectivity index (χ4n) is 3.53. The van der Waals surface area contributed by atoms with Gasteiger partial charge in [0.05, 0.1) is 13.2 Å². The van der Waals surface area contributed by atoms with E-state index < -0.39 is 11.6 Å². The average molecular weight is 403 g/mol. The van der Waals surface area contributed by atoms with Crippen LogP contribution in [-0.2, 0) is 11.6 Å². The van der Waals surface area contributed by atoms with Gasteiger partial charge in [-0.2, -0.15) is 0 Å². The van der Waals surface area contributed by atoms with Crippen LogP contribution in [0.2, 0.25) is 0 Å². The smallest absolute Gasteiger partial charge is 0.193 e. The van der Waals surface area contributed by atoms with E-state index >= 15 is 0 Å². The zero-order chi connectivity index (χ0) is 21.7. The minimum atomic E-state index is -0.591. The van der Waals surface area contributed by atoms with Gasteiger partial charge < -0.3 is 4.74 Å². The Morgan fingerprint density at radius 3 is 2.27 bits per heavy atom. The van der Waals surface area contributed by atoms with Crippen LogP contribution in [0, 0.1) is 0 Å². The van der Waals surface area contributed by atoms with Crippen molar-refractivity contribution in [1.82, 2.24) is 5.06 Å². The third-order valence-electron chi connectivity index (χ3n) is 5.13. The van der Waals surface area contributed by atoms with Gasteiger partial charge in [-0.25, -0.2) is 0 Å². The van der Waals surface area contributed by atoms with Crippen LogP contribution in [0.4, 0.5) is 0 Å². The van der Waals surface area contributed by atoms with E-state index in [2.05, 4.69) is 0 Å². The number of nitrogens with zero attached hydrogens (tertiary/aromatic N) is 1. The number of methoxy groups -OCH3 is 1. The lowest BCUT2D eigenvalue weighted by atomic mass is 9.90. The van der Waals surface area contributed by atoms with Crippen molar-refractivity contribution < 1.29 is 14.7 Å². The Labute approximate surface area is 178 Å². The highest BCUT2D eigenvalue weighted by Gasteiger charge is 2.31. The largest absolute Gasteiger partial charge is 0.497 e. The fraction of sp³-hybridized carbons (Fsp3) is 0.269. The van der Waals surface area contributed by atoms with Gasteiger partial charge in [0.15, 0.2) is 5.78 Å². The first kappa shape index (κ1) is 21.8. The van der Waals surface area contributed by atoms with Gasteiger partial charge in [0.25, 0.3) is 0 Å². The normalized spacial score (nSPS) is 12.6. The Morgan fingerprint density at radius 2 is 1.60 bits per heavy atom. The van der Waals surface area contributed by atoms with Gasteiger partial charge in [-0.1, -0.05) is 66.7 Å². The zero-order valence-electron chi connectivity index (χ0n) is 18.0. The first-order chi connectivity index (χ1) is 14.3. The second kappa shape index (κ2) is 9.24. The molecular formula is C26H28NO3. The SMILES string of the molecule is COc1cccc(C(Cc2ccccc2C(=O)c2ccccc2)N([O])C(C)(C)C)c1. The molecule has 1 radical (unpaired) electrons. The number of carbonyl (C=O) groups excluding carboxylic acids is 1. The Morgan fingerprint density at radius 1 is 0.933 bits per heavy atom. The van der Waals surface area contributed by atoms with Gasteiger partial charge in [-0.15, -0.1) is 10.3 Å². The molecule has 1 unspecified atom stereocenters. The molecule has 0 aliphatic rings. The first-order valence-corrected chi connectivity index (χ1v) is 10.1. The van der Waals surface area contributed by atoms with E-state index in [1.54, 1.807) is 7.11 Å². The van der Waals surface area contributed by atoms with Crippen molar-refractivity contribution in [3.63, 3.8) is 0 Å². The van der Waals surface area contributed by atoms with Crippen LogP contribution in [0.15, 0.2) is 78.9 Å². The van der Waals surface area contributed by atoms with Crippen LogP contribution >= 0.6 is 0 Å². The maximum atomic E-state index is 13.3. The van der Waals surface area contributed by atoms with Crippen LogP contribution in [0.25, 0.3) is 0 Å². The number of hydrogen-bond donors (Lipinski definition) is 0. The molecule has 0 aliphatic heterocycles. The maximum absolute atomic E-state index is 13.3. The lowest BCUT2D eigenvalue weighted by Crippen LogP contribution is -2.41. The van der Waals surface area contributed by atoms with Crippen molar-refractivity contribution in [2.24, 2.45) is 0 Å². The summed E-state index contributed by atoms with van der Waals surface area (Å²) in [7, 11) is 1.61. The molecule has 0 saturated heterocycles. The number of hydrogen-bond acceptors (Lipinski definition) is 3. The van der Waals surface area contributed by atoms with E-state index in [1.807, 2.05) is 99.6 Å². The Bertz CT molecular complexity index is 992. The quantitative estimate of drug-likeness (QED) is 0.379. The summed E-state index contributed by atoms with van der Waals surface area (Å²) in [6.45, 7) is 5.69. The number of ketones is 1. The third kappa shape index (κ3) is 4.96. The molecule has 155 valence electrons. The summed E-state index contributed by atoms with van der Waals surface area (Å²) in [6.07, 6.45) is 0.419. The number of ether oxygens (including phenoxy) is 1. The molecule has 0 heterocycles. The van der Waals surface area contributed by atoms with Crippen LogP contribution in [-0.4, -0.2) is 23.5 Å². The molecular weight excluding hydrogens is 374 g/mol. The summed E-state index contributed by atoms with van der Waals surface area (Å²) in [5, 5.41) is 14.4. The summed E-state index contributed by atoms with van der Waals surface area (Å²) in [5.41, 5.74) is 2.38. The van der Waals surface area contributed by atoms with Gasteiger partial charge in [0.1, 0.15) is 5.75 Å². The molecule has 3 aromatic carbocycles. The number of hydroxylamine groups is 2. The molecule has 0 saturated carbocycles. The molecule has 0 spiro atoms. The summed E-state index contributed by atoms with van der Waals surface area (Å²) in [4.78, 5) is 13.1. The number of benzene rings is 3. The molecule has 0 amide bonds.